The van der Waals surface area contributed by atoms with E-state index in [9.17, 15) is 4.79 Å². The molecule has 0 saturated carbocycles. The number of hydrogen-bond acceptors (Lipinski definition) is 7. The fourth-order valence-corrected chi connectivity index (χ4v) is 3.94. The highest BCUT2D eigenvalue weighted by Crippen LogP contribution is 2.39. The van der Waals surface area contributed by atoms with Crippen molar-refractivity contribution in [3.05, 3.63) is 59.9 Å². The average molecular weight is 407 g/mol. The van der Waals surface area contributed by atoms with E-state index in [0.717, 1.165) is 10.4 Å². The zero-order valence-corrected chi connectivity index (χ0v) is 16.2. The zero-order chi connectivity index (χ0) is 19.6. The van der Waals surface area contributed by atoms with Gasteiger partial charge in [0.15, 0.2) is 29.3 Å². The van der Waals surface area contributed by atoms with Gasteiger partial charge in [-0.3, -0.25) is 4.79 Å². The second kappa shape index (κ2) is 7.65. The molecule has 4 aromatic rings. The molecular weight excluding hydrogens is 390 g/mol. The van der Waals surface area contributed by atoms with Crippen molar-refractivity contribution in [1.82, 2.24) is 14.9 Å². The van der Waals surface area contributed by atoms with Gasteiger partial charge in [-0.15, -0.1) is 11.3 Å². The summed E-state index contributed by atoms with van der Waals surface area (Å²) in [5.74, 6) is 1.14. The van der Waals surface area contributed by atoms with Crippen molar-refractivity contribution in [1.29, 1.82) is 0 Å². The molecule has 5 rings (SSSR count). The second-order valence-corrected chi connectivity index (χ2v) is 7.42. The molecule has 0 unspecified atom stereocenters. The molecule has 0 N–H and O–H groups in total. The Morgan fingerprint density at radius 1 is 1.03 bits per heavy atom. The van der Waals surface area contributed by atoms with E-state index in [2.05, 4.69) is 9.97 Å². The minimum absolute atomic E-state index is 0.196. The Morgan fingerprint density at radius 2 is 1.86 bits per heavy atom. The fourth-order valence-electron chi connectivity index (χ4n) is 3.24. The lowest BCUT2D eigenvalue weighted by atomic mass is 10.2. The summed E-state index contributed by atoms with van der Waals surface area (Å²) in [6.45, 7) is 2.08. The number of nitrogens with zero attached hydrogens (tertiary/aromatic N) is 3. The first-order valence-electron chi connectivity index (χ1n) is 9.22. The molecule has 4 heterocycles. The summed E-state index contributed by atoms with van der Waals surface area (Å²) in [7, 11) is 0. The van der Waals surface area contributed by atoms with Crippen LogP contribution in [0.5, 0.6) is 0 Å². The molecule has 8 heteroatoms. The van der Waals surface area contributed by atoms with Crippen LogP contribution < -0.4 is 0 Å². The van der Waals surface area contributed by atoms with Crippen molar-refractivity contribution < 1.29 is 18.4 Å². The number of ether oxygens (including phenoxy) is 1. The van der Waals surface area contributed by atoms with E-state index in [-0.39, 0.29) is 11.6 Å². The van der Waals surface area contributed by atoms with Crippen LogP contribution in [0.1, 0.15) is 10.5 Å². The fraction of sp³-hybridized carbons (Fsp3) is 0.190. The Labute approximate surface area is 170 Å². The summed E-state index contributed by atoms with van der Waals surface area (Å²) >= 11 is 1.53. The average Bonchev–Trinajstić information content (AvgIpc) is 3.54. The number of hydrogen-bond donors (Lipinski definition) is 0. The number of aromatic nitrogens is 2. The highest BCUT2D eigenvalue weighted by Gasteiger charge is 2.30. The molecule has 1 amide bonds. The maximum absolute atomic E-state index is 13.0. The third kappa shape index (κ3) is 3.37. The molecule has 0 atom stereocenters. The molecule has 0 aliphatic carbocycles. The molecule has 1 saturated heterocycles. The van der Waals surface area contributed by atoms with Crippen LogP contribution in [-0.2, 0) is 4.74 Å². The highest BCUT2D eigenvalue weighted by atomic mass is 32.1. The number of oxazole rings is 2. The van der Waals surface area contributed by atoms with E-state index in [1.54, 1.807) is 4.90 Å². The van der Waals surface area contributed by atoms with E-state index >= 15 is 0 Å². The minimum Gasteiger partial charge on any atom is -0.441 e. The van der Waals surface area contributed by atoms with Gasteiger partial charge in [-0.05, 0) is 23.6 Å². The molecule has 0 bridgehead atoms. The van der Waals surface area contributed by atoms with Crippen LogP contribution in [0.15, 0.2) is 63.1 Å². The number of rotatable bonds is 4. The molecule has 1 aliphatic heterocycles. The number of thiophene rings is 1. The predicted octanol–water partition coefficient (Wildman–Crippen LogP) is 4.20. The van der Waals surface area contributed by atoms with Crippen LogP contribution in [0.25, 0.3) is 33.5 Å². The Hall–Kier alpha value is -3.23. The monoisotopic (exact) mass is 407 g/mol. The van der Waals surface area contributed by atoms with Gasteiger partial charge < -0.3 is 18.5 Å². The second-order valence-electron chi connectivity index (χ2n) is 6.47. The summed E-state index contributed by atoms with van der Waals surface area (Å²) in [5.41, 5.74) is 1.55. The van der Waals surface area contributed by atoms with Crippen molar-refractivity contribution >= 4 is 17.2 Å². The standard InChI is InChI=1S/C21H17N3O4S/c25-21(24-8-10-26-11-9-24)17-19(27-13-22-17)16-18(15-7-4-12-29-15)28-20(23-16)14-5-2-1-3-6-14/h1-7,12-13H,8-11H2. The Bertz CT molecular complexity index is 1110. The Kier molecular flexibility index (Phi) is 4.71. The maximum atomic E-state index is 13.0. The van der Waals surface area contributed by atoms with Crippen LogP contribution in [-0.4, -0.2) is 47.1 Å². The van der Waals surface area contributed by atoms with E-state index in [0.29, 0.717) is 49.4 Å². The van der Waals surface area contributed by atoms with Crippen LogP contribution in [0.2, 0.25) is 0 Å². The van der Waals surface area contributed by atoms with Gasteiger partial charge in [0.2, 0.25) is 5.89 Å². The van der Waals surface area contributed by atoms with E-state index in [1.165, 1.54) is 17.7 Å². The van der Waals surface area contributed by atoms with Crippen LogP contribution in [0.4, 0.5) is 0 Å². The summed E-state index contributed by atoms with van der Waals surface area (Å²) < 4.78 is 17.1. The number of amides is 1. The van der Waals surface area contributed by atoms with Gasteiger partial charge in [-0.25, -0.2) is 9.97 Å². The first kappa shape index (κ1) is 17.8. The zero-order valence-electron chi connectivity index (χ0n) is 15.4. The molecule has 1 fully saturated rings. The van der Waals surface area contributed by atoms with Crippen molar-refractivity contribution in [2.45, 2.75) is 0 Å². The summed E-state index contributed by atoms with van der Waals surface area (Å²) in [6.07, 6.45) is 1.28. The molecule has 1 aliphatic rings. The van der Waals surface area contributed by atoms with Gasteiger partial charge in [0.05, 0.1) is 18.1 Å². The molecule has 1 aromatic carbocycles. The third-order valence-electron chi connectivity index (χ3n) is 4.68. The minimum atomic E-state index is -0.196. The van der Waals surface area contributed by atoms with E-state index < -0.39 is 0 Å². The Balaban J connectivity index is 1.60. The molecule has 146 valence electrons. The highest BCUT2D eigenvalue weighted by molar-refractivity contribution is 7.13. The lowest BCUT2D eigenvalue weighted by Crippen LogP contribution is -2.41. The molecular formula is C21H17N3O4S. The lowest BCUT2D eigenvalue weighted by molar-refractivity contribution is 0.0299. The van der Waals surface area contributed by atoms with Gasteiger partial charge in [-0.2, -0.15) is 0 Å². The van der Waals surface area contributed by atoms with Crippen LogP contribution in [0.3, 0.4) is 0 Å². The topological polar surface area (TPSA) is 81.6 Å². The van der Waals surface area contributed by atoms with E-state index in [1.807, 2.05) is 47.8 Å². The van der Waals surface area contributed by atoms with Crippen LogP contribution >= 0.6 is 11.3 Å². The van der Waals surface area contributed by atoms with Crippen molar-refractivity contribution in [3.8, 4) is 33.5 Å². The summed E-state index contributed by atoms with van der Waals surface area (Å²) in [6, 6.07) is 13.5. The smallest absolute Gasteiger partial charge is 0.276 e. The predicted molar refractivity (Wildman–Crippen MR) is 107 cm³/mol. The number of carbonyl (C=O) groups excluding carboxylic acids is 1. The quantitative estimate of drug-likeness (QED) is 0.504. The normalized spacial score (nSPS) is 14.3. The molecule has 7 nitrogen and oxygen atoms in total. The summed E-state index contributed by atoms with van der Waals surface area (Å²) in [5, 5.41) is 1.96. The van der Waals surface area contributed by atoms with Crippen molar-refractivity contribution in [3.63, 3.8) is 0 Å². The maximum Gasteiger partial charge on any atom is 0.276 e. The van der Waals surface area contributed by atoms with Crippen molar-refractivity contribution in [2.24, 2.45) is 0 Å². The lowest BCUT2D eigenvalue weighted by Gasteiger charge is -2.26. The van der Waals surface area contributed by atoms with Gasteiger partial charge >= 0.3 is 0 Å². The number of benzene rings is 1. The first-order chi connectivity index (χ1) is 14.3. The first-order valence-corrected chi connectivity index (χ1v) is 10.1. The van der Waals surface area contributed by atoms with Gasteiger partial charge in [0.25, 0.3) is 5.91 Å². The largest absolute Gasteiger partial charge is 0.441 e. The van der Waals surface area contributed by atoms with E-state index in [4.69, 9.17) is 13.6 Å². The van der Waals surface area contributed by atoms with Crippen LogP contribution in [0, 0.1) is 0 Å². The molecule has 0 spiro atoms. The number of carbonyl (C=O) groups is 1. The number of morpholine rings is 1. The van der Waals surface area contributed by atoms with Gasteiger partial charge in [-0.1, -0.05) is 24.3 Å². The molecule has 3 aromatic heterocycles. The SMILES string of the molecule is O=C(c1ncoc1-c1nc(-c2ccccc2)oc1-c1cccs1)N1CCOCC1. The summed E-state index contributed by atoms with van der Waals surface area (Å²) in [4.78, 5) is 24.5. The van der Waals surface area contributed by atoms with Crippen molar-refractivity contribution in [2.75, 3.05) is 26.3 Å². The third-order valence-corrected chi connectivity index (χ3v) is 5.54. The van der Waals surface area contributed by atoms with Gasteiger partial charge in [0.1, 0.15) is 0 Å². The van der Waals surface area contributed by atoms with Gasteiger partial charge in [0, 0.05) is 18.7 Å². The molecule has 29 heavy (non-hydrogen) atoms. The molecule has 0 radical (unpaired) electrons. The Morgan fingerprint density at radius 3 is 2.62 bits per heavy atom.